The van der Waals surface area contributed by atoms with Gasteiger partial charge in [0.05, 0.1) is 27.7 Å². The smallest absolute Gasteiger partial charge is 0.462 e. The molecule has 0 bridgehead atoms. The minimum absolute atomic E-state index is 0.0250. The van der Waals surface area contributed by atoms with E-state index in [1.807, 2.05) is 21.1 Å². The van der Waals surface area contributed by atoms with Crippen molar-refractivity contribution in [3.05, 3.63) is 97.2 Å². The number of nitrogens with zero attached hydrogens (tertiary/aromatic N) is 1. The largest absolute Gasteiger partial charge is 0.472 e. The third kappa shape index (κ3) is 60.2. The summed E-state index contributed by atoms with van der Waals surface area (Å²) in [6.45, 7) is 4.32. The zero-order valence-electron chi connectivity index (χ0n) is 49.7. The summed E-state index contributed by atoms with van der Waals surface area (Å²) in [6, 6.07) is 0. The summed E-state index contributed by atoms with van der Waals surface area (Å²) in [5.74, 6) is -0.810. The van der Waals surface area contributed by atoms with Gasteiger partial charge in [-0.05, 0) is 96.3 Å². The Morgan fingerprint density at radius 2 is 0.750 bits per heavy atom. The van der Waals surface area contributed by atoms with Gasteiger partial charge in [0.25, 0.3) is 0 Å². The van der Waals surface area contributed by atoms with E-state index >= 15 is 0 Å². The number of phosphoric acid groups is 1. The summed E-state index contributed by atoms with van der Waals surface area (Å²) in [5, 5.41) is 0. The van der Waals surface area contributed by atoms with Gasteiger partial charge >= 0.3 is 19.8 Å². The number of quaternary nitrogens is 1. The lowest BCUT2D eigenvalue weighted by atomic mass is 10.0. The van der Waals surface area contributed by atoms with Crippen LogP contribution >= 0.6 is 7.82 Å². The fourth-order valence-electron chi connectivity index (χ4n) is 8.34. The molecule has 0 rings (SSSR count). The van der Waals surface area contributed by atoms with Gasteiger partial charge in [-0.1, -0.05) is 246 Å². The Labute approximate surface area is 468 Å². The molecule has 0 saturated carbocycles. The van der Waals surface area contributed by atoms with Crippen LogP contribution in [0.4, 0.5) is 0 Å². The second-order valence-corrected chi connectivity index (χ2v) is 23.2. The molecule has 1 N–H and O–H groups in total. The predicted molar refractivity (Wildman–Crippen MR) is 325 cm³/mol. The van der Waals surface area contributed by atoms with E-state index in [2.05, 4.69) is 111 Å². The highest BCUT2D eigenvalue weighted by molar-refractivity contribution is 7.47. The number of hydrogen-bond donors (Lipinski definition) is 1. The standard InChI is InChI=1S/C66H116NO8P/c1-6-8-10-12-14-16-18-20-22-24-26-28-30-31-32-33-34-35-37-39-41-43-45-47-49-51-53-55-57-59-66(69)75-64(63-74-76(70,71)73-61-60-67(3,4)5)62-72-65(68)58-56-54-52-50-48-46-44-42-40-38-36-29-27-25-23-21-19-17-15-13-11-9-7-2/h8,10,14,16,20,22,25-28,31-32,34-35,39,41,64H,6-7,9,11-13,15,17-19,21,23-24,29-30,33,36-38,40,42-63H2,1-5H3/p+1/b10-8-,16-14-,22-20-,27-25-,28-26-,32-31-,35-34-,41-39-. The van der Waals surface area contributed by atoms with Gasteiger partial charge in [-0.15, -0.1) is 0 Å². The number of unbranched alkanes of at least 4 members (excludes halogenated alkanes) is 26. The van der Waals surface area contributed by atoms with Gasteiger partial charge in [0, 0.05) is 12.8 Å². The molecular formula is C66H117NO8P+. The van der Waals surface area contributed by atoms with Gasteiger partial charge in [-0.2, -0.15) is 0 Å². The number of allylic oxidation sites excluding steroid dienone is 16. The van der Waals surface area contributed by atoms with Crippen molar-refractivity contribution in [1.82, 2.24) is 0 Å². The Morgan fingerprint density at radius 1 is 0.421 bits per heavy atom. The molecule has 0 aliphatic heterocycles. The van der Waals surface area contributed by atoms with Crippen LogP contribution in [0.5, 0.6) is 0 Å². The molecule has 0 aliphatic rings. The van der Waals surface area contributed by atoms with Crippen molar-refractivity contribution in [1.29, 1.82) is 0 Å². The van der Waals surface area contributed by atoms with E-state index in [1.54, 1.807) is 0 Å². The molecule has 2 unspecified atom stereocenters. The molecule has 0 aromatic rings. The van der Waals surface area contributed by atoms with Crippen LogP contribution in [0.3, 0.4) is 0 Å². The maximum atomic E-state index is 12.8. The van der Waals surface area contributed by atoms with E-state index in [0.29, 0.717) is 17.4 Å². The van der Waals surface area contributed by atoms with Gasteiger partial charge in [-0.25, -0.2) is 4.57 Å². The molecule has 0 aliphatic carbocycles. The number of hydrogen-bond acceptors (Lipinski definition) is 7. The molecule has 0 saturated heterocycles. The van der Waals surface area contributed by atoms with Gasteiger partial charge in [-0.3, -0.25) is 18.6 Å². The summed E-state index contributed by atoms with van der Waals surface area (Å²) in [5.41, 5.74) is 0. The summed E-state index contributed by atoms with van der Waals surface area (Å²) in [4.78, 5) is 35.8. The van der Waals surface area contributed by atoms with Crippen LogP contribution in [0.2, 0.25) is 0 Å². The van der Waals surface area contributed by atoms with Gasteiger partial charge < -0.3 is 18.9 Å². The molecular weight excluding hydrogens is 966 g/mol. The zero-order chi connectivity index (χ0) is 55.6. The molecule has 0 amide bonds. The molecule has 76 heavy (non-hydrogen) atoms. The van der Waals surface area contributed by atoms with E-state index in [4.69, 9.17) is 18.5 Å². The molecule has 438 valence electrons. The number of carbonyl (C=O) groups excluding carboxylic acids is 2. The summed E-state index contributed by atoms with van der Waals surface area (Å²) < 4.78 is 34.6. The number of likely N-dealkylation sites (N-methyl/N-ethyl adjacent to an activating group) is 1. The lowest BCUT2D eigenvalue weighted by Crippen LogP contribution is -2.37. The van der Waals surface area contributed by atoms with Crippen LogP contribution < -0.4 is 0 Å². The van der Waals surface area contributed by atoms with Crippen molar-refractivity contribution in [2.24, 2.45) is 0 Å². The van der Waals surface area contributed by atoms with Crippen LogP contribution in [-0.4, -0.2) is 74.9 Å². The first-order chi connectivity index (χ1) is 37.0. The molecule has 0 aromatic heterocycles. The Morgan fingerprint density at radius 3 is 1.13 bits per heavy atom. The minimum atomic E-state index is -4.40. The second-order valence-electron chi connectivity index (χ2n) is 21.7. The highest BCUT2D eigenvalue weighted by atomic mass is 31.2. The fraction of sp³-hybridized carbons (Fsp3) is 0.727. The maximum absolute atomic E-state index is 12.8. The van der Waals surface area contributed by atoms with E-state index in [0.717, 1.165) is 89.9 Å². The average molecular weight is 1080 g/mol. The van der Waals surface area contributed by atoms with Crippen molar-refractivity contribution in [3.63, 3.8) is 0 Å². The third-order valence-corrected chi connectivity index (χ3v) is 14.1. The van der Waals surface area contributed by atoms with Crippen molar-refractivity contribution in [2.75, 3.05) is 47.5 Å². The number of carbonyl (C=O) groups is 2. The lowest BCUT2D eigenvalue weighted by Gasteiger charge is -2.24. The summed E-state index contributed by atoms with van der Waals surface area (Å²) >= 11 is 0. The molecule has 9 nitrogen and oxygen atoms in total. The predicted octanol–water partition coefficient (Wildman–Crippen LogP) is 19.6. The van der Waals surface area contributed by atoms with E-state index < -0.39 is 26.5 Å². The van der Waals surface area contributed by atoms with Gasteiger partial charge in [0.1, 0.15) is 19.8 Å². The van der Waals surface area contributed by atoms with Crippen LogP contribution in [0.15, 0.2) is 97.2 Å². The Bertz CT molecular complexity index is 1600. The van der Waals surface area contributed by atoms with Crippen molar-refractivity contribution < 1.29 is 42.1 Å². The minimum Gasteiger partial charge on any atom is -0.462 e. The van der Waals surface area contributed by atoms with E-state index in [-0.39, 0.29) is 32.0 Å². The normalized spacial score (nSPS) is 13.9. The number of esters is 2. The van der Waals surface area contributed by atoms with Gasteiger partial charge in [0.15, 0.2) is 6.10 Å². The quantitative estimate of drug-likeness (QED) is 0.0211. The van der Waals surface area contributed by atoms with Crippen LogP contribution in [0, 0.1) is 0 Å². The SMILES string of the molecule is CC/C=C\C/C=C\C/C=C\C/C=C\C/C=C\C/C=C\C/C=C\CCCCCCCCCC(=O)OC(COC(=O)CCCCCCCCCCCCC/C=C\CCCCCCCCCC)COP(=O)(O)OCC[N+](C)(C)C. The number of phosphoric ester groups is 1. The highest BCUT2D eigenvalue weighted by Gasteiger charge is 2.27. The first-order valence-electron chi connectivity index (χ1n) is 31.0. The molecule has 0 spiro atoms. The van der Waals surface area contributed by atoms with Crippen molar-refractivity contribution >= 4 is 19.8 Å². The molecule has 0 aromatic carbocycles. The Balaban J connectivity index is 4.19. The number of rotatable bonds is 56. The lowest BCUT2D eigenvalue weighted by molar-refractivity contribution is -0.870. The van der Waals surface area contributed by atoms with E-state index in [1.165, 1.54) is 135 Å². The summed E-state index contributed by atoms with van der Waals surface area (Å²) in [6.07, 6.45) is 77.6. The maximum Gasteiger partial charge on any atom is 0.472 e. The average Bonchev–Trinajstić information content (AvgIpc) is 3.38. The first-order valence-corrected chi connectivity index (χ1v) is 32.5. The first kappa shape index (κ1) is 72.9. The second kappa shape index (κ2) is 56.6. The highest BCUT2D eigenvalue weighted by Crippen LogP contribution is 2.43. The summed E-state index contributed by atoms with van der Waals surface area (Å²) in [7, 11) is 1.46. The van der Waals surface area contributed by atoms with Gasteiger partial charge in [0.2, 0.25) is 0 Å². The Kier molecular flexibility index (Phi) is 54.4. The van der Waals surface area contributed by atoms with E-state index in [9.17, 15) is 19.0 Å². The fourth-order valence-corrected chi connectivity index (χ4v) is 9.09. The zero-order valence-corrected chi connectivity index (χ0v) is 50.6. The Hall–Kier alpha value is -3.07. The molecule has 0 radical (unpaired) electrons. The third-order valence-electron chi connectivity index (χ3n) is 13.1. The monoisotopic (exact) mass is 1080 g/mol. The number of ether oxygens (including phenoxy) is 2. The van der Waals surface area contributed by atoms with Crippen LogP contribution in [0.25, 0.3) is 0 Å². The van der Waals surface area contributed by atoms with Crippen molar-refractivity contribution in [2.45, 2.75) is 264 Å². The molecule has 0 heterocycles. The molecule has 0 fully saturated rings. The van der Waals surface area contributed by atoms with Crippen molar-refractivity contribution in [3.8, 4) is 0 Å². The topological polar surface area (TPSA) is 108 Å². The molecule has 10 heteroatoms. The molecule has 2 atom stereocenters. The van der Waals surface area contributed by atoms with Crippen LogP contribution in [-0.2, 0) is 32.7 Å². The van der Waals surface area contributed by atoms with Crippen LogP contribution in [0.1, 0.15) is 258 Å².